The summed E-state index contributed by atoms with van der Waals surface area (Å²) in [6, 6.07) is 0. The van der Waals surface area contributed by atoms with Crippen LogP contribution in [0.4, 0.5) is 0 Å². The number of ether oxygens (including phenoxy) is 1. The Morgan fingerprint density at radius 3 is 2.69 bits per heavy atom. The van der Waals surface area contributed by atoms with Crippen LogP contribution in [0.2, 0.25) is 0 Å². The average molecular weight is 179 g/mol. The first kappa shape index (κ1) is 10.0. The van der Waals surface area contributed by atoms with Crippen LogP contribution in [-0.4, -0.2) is 12.3 Å². The lowest BCUT2D eigenvalue weighted by Gasteiger charge is -2.10. The summed E-state index contributed by atoms with van der Waals surface area (Å²) in [5, 5.41) is 0. The van der Waals surface area contributed by atoms with Gasteiger partial charge >= 0.3 is 0 Å². The number of aliphatic imine (C=N–C) groups is 1. The van der Waals surface area contributed by atoms with Gasteiger partial charge in [0.1, 0.15) is 0 Å². The second-order valence-electron chi connectivity index (χ2n) is 3.49. The van der Waals surface area contributed by atoms with Gasteiger partial charge in [0.05, 0.1) is 6.10 Å². The van der Waals surface area contributed by atoms with Crippen molar-refractivity contribution in [3.05, 3.63) is 23.6 Å². The van der Waals surface area contributed by atoms with E-state index in [0.717, 1.165) is 18.7 Å². The van der Waals surface area contributed by atoms with Crippen molar-refractivity contribution in [2.45, 2.75) is 39.7 Å². The number of allylic oxidation sites excluding steroid dienone is 3. The standard InChI is InChI=1S/C11H17NO/c1-9(2)13-11-7-5-4-6-10(3)8-12-11/h6-9H,4-5H2,1-3H3. The van der Waals surface area contributed by atoms with Crippen molar-refractivity contribution < 1.29 is 4.74 Å². The molecule has 0 radical (unpaired) electrons. The zero-order valence-electron chi connectivity index (χ0n) is 8.58. The van der Waals surface area contributed by atoms with E-state index >= 15 is 0 Å². The molecule has 0 bridgehead atoms. The Morgan fingerprint density at radius 1 is 1.31 bits per heavy atom. The molecule has 0 N–H and O–H groups in total. The molecule has 1 aliphatic heterocycles. The van der Waals surface area contributed by atoms with E-state index in [1.807, 2.05) is 26.1 Å². The highest BCUT2D eigenvalue weighted by molar-refractivity contribution is 5.78. The fourth-order valence-electron chi connectivity index (χ4n) is 1.11. The molecule has 0 aromatic carbocycles. The van der Waals surface area contributed by atoms with Gasteiger partial charge in [-0.15, -0.1) is 0 Å². The largest absolute Gasteiger partial charge is 0.475 e. The van der Waals surface area contributed by atoms with Crippen molar-refractivity contribution in [1.29, 1.82) is 0 Å². The Labute approximate surface area is 80.0 Å². The molecule has 72 valence electrons. The third kappa shape index (κ3) is 3.92. The van der Waals surface area contributed by atoms with Gasteiger partial charge in [0.25, 0.3) is 0 Å². The first-order valence-electron chi connectivity index (χ1n) is 4.76. The van der Waals surface area contributed by atoms with Crippen LogP contribution in [0, 0.1) is 0 Å². The van der Waals surface area contributed by atoms with E-state index in [1.165, 1.54) is 5.57 Å². The Balaban J connectivity index is 2.64. The summed E-state index contributed by atoms with van der Waals surface area (Å²) in [5.41, 5.74) is 1.21. The summed E-state index contributed by atoms with van der Waals surface area (Å²) in [6.45, 7) is 6.08. The Hall–Kier alpha value is -1.05. The summed E-state index contributed by atoms with van der Waals surface area (Å²) in [7, 11) is 0. The van der Waals surface area contributed by atoms with E-state index in [0.29, 0.717) is 0 Å². The van der Waals surface area contributed by atoms with Crippen LogP contribution in [-0.2, 0) is 4.74 Å². The van der Waals surface area contributed by atoms with Gasteiger partial charge in [0.2, 0.25) is 5.88 Å². The van der Waals surface area contributed by atoms with Crippen LogP contribution in [0.15, 0.2) is 28.6 Å². The van der Waals surface area contributed by atoms with Gasteiger partial charge < -0.3 is 4.74 Å². The van der Waals surface area contributed by atoms with E-state index in [9.17, 15) is 0 Å². The average Bonchev–Trinajstić information content (AvgIpc) is 2.03. The van der Waals surface area contributed by atoms with Crippen LogP contribution in [0.3, 0.4) is 0 Å². The maximum atomic E-state index is 5.51. The van der Waals surface area contributed by atoms with Gasteiger partial charge in [-0.25, -0.2) is 4.99 Å². The molecule has 0 saturated carbocycles. The molecule has 0 aromatic heterocycles. The predicted molar refractivity (Wildman–Crippen MR) is 55.8 cm³/mol. The molecular formula is C11H17NO. The highest BCUT2D eigenvalue weighted by Crippen LogP contribution is 2.10. The fraction of sp³-hybridized carbons (Fsp3) is 0.545. The van der Waals surface area contributed by atoms with Gasteiger partial charge in [0, 0.05) is 6.21 Å². The third-order valence-electron chi connectivity index (χ3n) is 1.70. The molecule has 0 amide bonds. The minimum Gasteiger partial charge on any atom is -0.475 e. The Kier molecular flexibility index (Phi) is 3.74. The van der Waals surface area contributed by atoms with E-state index in [1.54, 1.807) is 0 Å². The monoisotopic (exact) mass is 179 g/mol. The summed E-state index contributed by atoms with van der Waals surface area (Å²) < 4.78 is 5.51. The van der Waals surface area contributed by atoms with Crippen LogP contribution in [0.5, 0.6) is 0 Å². The maximum Gasteiger partial charge on any atom is 0.209 e. The molecule has 0 saturated heterocycles. The molecule has 0 spiro atoms. The zero-order chi connectivity index (χ0) is 9.68. The molecule has 1 heterocycles. The van der Waals surface area contributed by atoms with E-state index in [4.69, 9.17) is 4.74 Å². The highest BCUT2D eigenvalue weighted by atomic mass is 16.5. The van der Waals surface area contributed by atoms with Gasteiger partial charge in [-0.05, 0) is 45.3 Å². The molecule has 0 unspecified atom stereocenters. The molecule has 2 heteroatoms. The normalized spacial score (nSPS) is 17.5. The number of hydrogen-bond donors (Lipinski definition) is 0. The van der Waals surface area contributed by atoms with E-state index in [2.05, 4.69) is 18.0 Å². The Morgan fingerprint density at radius 2 is 2.00 bits per heavy atom. The summed E-state index contributed by atoms with van der Waals surface area (Å²) in [5.74, 6) is 0.752. The lowest BCUT2D eigenvalue weighted by molar-refractivity contribution is 0.145. The summed E-state index contributed by atoms with van der Waals surface area (Å²) >= 11 is 0. The van der Waals surface area contributed by atoms with Crippen molar-refractivity contribution >= 4 is 6.21 Å². The van der Waals surface area contributed by atoms with E-state index in [-0.39, 0.29) is 6.10 Å². The summed E-state index contributed by atoms with van der Waals surface area (Å²) in [4.78, 5) is 4.25. The zero-order valence-corrected chi connectivity index (χ0v) is 8.58. The van der Waals surface area contributed by atoms with Gasteiger partial charge in [0.15, 0.2) is 0 Å². The molecule has 0 aromatic rings. The highest BCUT2D eigenvalue weighted by Gasteiger charge is 2.00. The molecular weight excluding hydrogens is 162 g/mol. The van der Waals surface area contributed by atoms with Crippen molar-refractivity contribution in [2.24, 2.45) is 4.99 Å². The summed E-state index contributed by atoms with van der Waals surface area (Å²) in [6.07, 6.45) is 8.37. The van der Waals surface area contributed by atoms with Crippen LogP contribution >= 0.6 is 0 Å². The van der Waals surface area contributed by atoms with Crippen molar-refractivity contribution in [1.82, 2.24) is 0 Å². The Bertz CT molecular complexity index is 249. The molecule has 0 atom stereocenters. The smallest absolute Gasteiger partial charge is 0.209 e. The van der Waals surface area contributed by atoms with Crippen LogP contribution in [0.1, 0.15) is 33.6 Å². The molecule has 1 aliphatic rings. The van der Waals surface area contributed by atoms with Crippen LogP contribution in [0.25, 0.3) is 0 Å². The number of hydrogen-bond acceptors (Lipinski definition) is 2. The van der Waals surface area contributed by atoms with Gasteiger partial charge in [-0.3, -0.25) is 0 Å². The second kappa shape index (κ2) is 4.85. The number of rotatable bonds is 2. The third-order valence-corrected chi connectivity index (χ3v) is 1.70. The molecule has 2 nitrogen and oxygen atoms in total. The molecule has 0 fully saturated rings. The first-order chi connectivity index (χ1) is 6.18. The lowest BCUT2D eigenvalue weighted by atomic mass is 10.2. The van der Waals surface area contributed by atoms with Crippen molar-refractivity contribution in [2.75, 3.05) is 0 Å². The second-order valence-corrected chi connectivity index (χ2v) is 3.49. The van der Waals surface area contributed by atoms with E-state index < -0.39 is 0 Å². The predicted octanol–water partition coefficient (Wildman–Crippen LogP) is 3.06. The molecule has 13 heavy (non-hydrogen) atoms. The maximum absolute atomic E-state index is 5.51. The van der Waals surface area contributed by atoms with Crippen molar-refractivity contribution in [3.8, 4) is 0 Å². The topological polar surface area (TPSA) is 21.6 Å². The number of nitrogens with zero attached hydrogens (tertiary/aromatic N) is 1. The molecule has 1 rings (SSSR count). The fourth-order valence-corrected chi connectivity index (χ4v) is 1.11. The van der Waals surface area contributed by atoms with Gasteiger partial charge in [-0.2, -0.15) is 0 Å². The SMILES string of the molecule is CC1=CCCC=C(OC(C)C)N=C1. The van der Waals surface area contributed by atoms with Crippen LogP contribution < -0.4 is 0 Å². The minimum absolute atomic E-state index is 0.201. The van der Waals surface area contributed by atoms with Gasteiger partial charge in [-0.1, -0.05) is 6.08 Å². The molecule has 0 aliphatic carbocycles. The minimum atomic E-state index is 0.201. The lowest BCUT2D eigenvalue weighted by Crippen LogP contribution is -2.02. The first-order valence-corrected chi connectivity index (χ1v) is 4.76. The quantitative estimate of drug-likeness (QED) is 0.638. The van der Waals surface area contributed by atoms with Crippen molar-refractivity contribution in [3.63, 3.8) is 0 Å².